The van der Waals surface area contributed by atoms with E-state index in [0.717, 1.165) is 12.1 Å². The van der Waals surface area contributed by atoms with Gasteiger partial charge in [-0.1, -0.05) is 18.2 Å². The second-order valence-electron chi connectivity index (χ2n) is 5.38. The van der Waals surface area contributed by atoms with Crippen molar-refractivity contribution in [2.45, 2.75) is 39.3 Å². The highest BCUT2D eigenvalue weighted by atomic mass is 32.1. The molecule has 0 aliphatic carbocycles. The Balaban J connectivity index is 1.95. The number of carbonyl (C=O) groups is 1. The van der Waals surface area contributed by atoms with Gasteiger partial charge >= 0.3 is 0 Å². The Bertz CT molecular complexity index is 580. The Kier molecular flexibility index (Phi) is 5.53. The van der Waals surface area contributed by atoms with Gasteiger partial charge in [-0.2, -0.15) is 0 Å². The van der Waals surface area contributed by atoms with Gasteiger partial charge in [0.05, 0.1) is 0 Å². The minimum Gasteiger partial charge on any atom is -0.326 e. The quantitative estimate of drug-likeness (QED) is 0.847. The van der Waals surface area contributed by atoms with Gasteiger partial charge in [-0.05, 0) is 49.4 Å². The molecule has 2 unspecified atom stereocenters. The molecule has 0 aliphatic rings. The van der Waals surface area contributed by atoms with E-state index in [1.54, 1.807) is 11.3 Å². The monoisotopic (exact) mass is 302 g/mol. The summed E-state index contributed by atoms with van der Waals surface area (Å²) >= 11 is 1.80. The fourth-order valence-electron chi connectivity index (χ4n) is 2.40. The molecule has 1 aromatic heterocycles. The maximum Gasteiger partial charge on any atom is 0.221 e. The molecule has 1 aromatic carbocycles. The van der Waals surface area contributed by atoms with Crippen molar-refractivity contribution >= 4 is 22.9 Å². The third kappa shape index (κ3) is 4.99. The molecule has 112 valence electrons. The molecule has 0 saturated heterocycles. The van der Waals surface area contributed by atoms with Crippen molar-refractivity contribution in [1.82, 2.24) is 5.32 Å². The summed E-state index contributed by atoms with van der Waals surface area (Å²) in [5.74, 6) is -0.0428. The fraction of sp³-hybridized carbons (Fsp3) is 0.353. The average molecular weight is 302 g/mol. The van der Waals surface area contributed by atoms with Gasteiger partial charge in [-0.15, -0.1) is 11.3 Å². The average Bonchev–Trinajstić information content (AvgIpc) is 2.90. The lowest BCUT2D eigenvalue weighted by Gasteiger charge is -2.20. The van der Waals surface area contributed by atoms with E-state index in [2.05, 4.69) is 48.1 Å². The first-order chi connectivity index (χ1) is 10.0. The van der Waals surface area contributed by atoms with Crippen molar-refractivity contribution in [2.24, 2.45) is 0 Å². The Morgan fingerprint density at radius 2 is 2.05 bits per heavy atom. The summed E-state index contributed by atoms with van der Waals surface area (Å²) in [5.41, 5.74) is 2.03. The first-order valence-electron chi connectivity index (χ1n) is 7.20. The molecule has 2 rings (SSSR count). The highest BCUT2D eigenvalue weighted by Gasteiger charge is 2.11. The molecule has 0 aliphatic heterocycles. The zero-order chi connectivity index (χ0) is 15.2. The van der Waals surface area contributed by atoms with Crippen LogP contribution in [-0.2, 0) is 11.2 Å². The lowest BCUT2D eigenvalue weighted by molar-refractivity contribution is -0.114. The van der Waals surface area contributed by atoms with E-state index < -0.39 is 0 Å². The Hall–Kier alpha value is -1.65. The first-order valence-corrected chi connectivity index (χ1v) is 8.08. The van der Waals surface area contributed by atoms with Crippen LogP contribution in [0.3, 0.4) is 0 Å². The maximum atomic E-state index is 11.1. The summed E-state index contributed by atoms with van der Waals surface area (Å²) in [7, 11) is 0. The molecule has 2 N–H and O–H groups in total. The fourth-order valence-corrected chi connectivity index (χ4v) is 3.24. The number of benzene rings is 1. The van der Waals surface area contributed by atoms with Crippen LogP contribution in [0.1, 0.15) is 37.3 Å². The topological polar surface area (TPSA) is 41.1 Å². The second kappa shape index (κ2) is 7.38. The standard InChI is InChI=1S/C17H22N2OS/c1-12(10-17-8-5-9-21-17)18-13(2)15-6-4-7-16(11-15)19-14(3)20/h4-9,11-13,18H,10H2,1-3H3,(H,19,20). The van der Waals surface area contributed by atoms with Crippen molar-refractivity contribution in [3.63, 3.8) is 0 Å². The second-order valence-corrected chi connectivity index (χ2v) is 6.41. The minimum absolute atomic E-state index is 0.0428. The zero-order valence-corrected chi connectivity index (χ0v) is 13.5. The number of amides is 1. The number of hydrogen-bond donors (Lipinski definition) is 2. The number of anilines is 1. The Morgan fingerprint density at radius 3 is 2.71 bits per heavy atom. The van der Waals surface area contributed by atoms with Crippen molar-refractivity contribution in [1.29, 1.82) is 0 Å². The van der Waals surface area contributed by atoms with E-state index in [1.807, 2.05) is 18.2 Å². The molecule has 2 aromatic rings. The lowest BCUT2D eigenvalue weighted by atomic mass is 10.1. The van der Waals surface area contributed by atoms with Crippen LogP contribution in [0.15, 0.2) is 41.8 Å². The molecule has 4 heteroatoms. The molecule has 0 saturated carbocycles. The van der Waals surface area contributed by atoms with Crippen LogP contribution in [0, 0.1) is 0 Å². The summed E-state index contributed by atoms with van der Waals surface area (Å²) in [6.45, 7) is 5.88. The molecular formula is C17H22N2OS. The number of thiophene rings is 1. The Labute approximate surface area is 130 Å². The number of carbonyl (C=O) groups excluding carboxylic acids is 1. The van der Waals surface area contributed by atoms with Gasteiger partial charge in [0.25, 0.3) is 0 Å². The summed E-state index contributed by atoms with van der Waals surface area (Å²) in [6, 6.07) is 12.9. The van der Waals surface area contributed by atoms with E-state index in [-0.39, 0.29) is 11.9 Å². The maximum absolute atomic E-state index is 11.1. The summed E-state index contributed by atoms with van der Waals surface area (Å²) in [5, 5.41) is 8.55. The smallest absolute Gasteiger partial charge is 0.221 e. The summed E-state index contributed by atoms with van der Waals surface area (Å²) in [6.07, 6.45) is 1.04. The van der Waals surface area contributed by atoms with Crippen LogP contribution in [-0.4, -0.2) is 11.9 Å². The van der Waals surface area contributed by atoms with Crippen LogP contribution >= 0.6 is 11.3 Å². The third-order valence-electron chi connectivity index (χ3n) is 3.33. The van der Waals surface area contributed by atoms with Gasteiger partial charge in [-0.25, -0.2) is 0 Å². The first kappa shape index (κ1) is 15.7. The largest absolute Gasteiger partial charge is 0.326 e. The molecule has 2 atom stereocenters. The Morgan fingerprint density at radius 1 is 1.24 bits per heavy atom. The molecule has 3 nitrogen and oxygen atoms in total. The van der Waals surface area contributed by atoms with Crippen molar-refractivity contribution in [3.8, 4) is 0 Å². The normalized spacial score (nSPS) is 13.7. The van der Waals surface area contributed by atoms with Gasteiger partial charge < -0.3 is 10.6 Å². The number of hydrogen-bond acceptors (Lipinski definition) is 3. The molecule has 1 amide bonds. The van der Waals surface area contributed by atoms with E-state index in [4.69, 9.17) is 0 Å². The van der Waals surface area contributed by atoms with E-state index >= 15 is 0 Å². The van der Waals surface area contributed by atoms with Crippen molar-refractivity contribution in [3.05, 3.63) is 52.2 Å². The molecule has 1 heterocycles. The SMILES string of the molecule is CC(=O)Nc1cccc(C(C)NC(C)Cc2cccs2)c1. The molecule has 21 heavy (non-hydrogen) atoms. The minimum atomic E-state index is -0.0428. The van der Waals surface area contributed by atoms with E-state index in [1.165, 1.54) is 17.4 Å². The van der Waals surface area contributed by atoms with Crippen LogP contribution < -0.4 is 10.6 Å². The van der Waals surface area contributed by atoms with Gasteiger partial charge in [0.1, 0.15) is 0 Å². The highest BCUT2D eigenvalue weighted by molar-refractivity contribution is 7.09. The van der Waals surface area contributed by atoms with Gasteiger partial charge in [0, 0.05) is 29.6 Å². The number of nitrogens with one attached hydrogen (secondary N) is 2. The molecule has 0 spiro atoms. The molecule has 0 bridgehead atoms. The molecule has 0 radical (unpaired) electrons. The molecule has 0 fully saturated rings. The third-order valence-corrected chi connectivity index (χ3v) is 4.23. The van der Waals surface area contributed by atoms with Crippen LogP contribution in [0.25, 0.3) is 0 Å². The van der Waals surface area contributed by atoms with Crippen molar-refractivity contribution < 1.29 is 4.79 Å². The van der Waals surface area contributed by atoms with Crippen LogP contribution in [0.5, 0.6) is 0 Å². The van der Waals surface area contributed by atoms with E-state index in [9.17, 15) is 4.79 Å². The van der Waals surface area contributed by atoms with Gasteiger partial charge in [-0.3, -0.25) is 4.79 Å². The molecular weight excluding hydrogens is 280 g/mol. The van der Waals surface area contributed by atoms with Gasteiger partial charge in [0.2, 0.25) is 5.91 Å². The van der Waals surface area contributed by atoms with Crippen LogP contribution in [0.4, 0.5) is 5.69 Å². The predicted octanol–water partition coefficient (Wildman–Crippen LogP) is 3.99. The summed E-state index contributed by atoms with van der Waals surface area (Å²) < 4.78 is 0. The van der Waals surface area contributed by atoms with Gasteiger partial charge in [0.15, 0.2) is 0 Å². The summed E-state index contributed by atoms with van der Waals surface area (Å²) in [4.78, 5) is 12.5. The number of rotatable bonds is 6. The van der Waals surface area contributed by atoms with Crippen molar-refractivity contribution in [2.75, 3.05) is 5.32 Å². The highest BCUT2D eigenvalue weighted by Crippen LogP contribution is 2.19. The van der Waals surface area contributed by atoms with E-state index in [0.29, 0.717) is 6.04 Å². The lowest BCUT2D eigenvalue weighted by Crippen LogP contribution is -2.30. The van der Waals surface area contributed by atoms with Crippen LogP contribution in [0.2, 0.25) is 0 Å². The zero-order valence-electron chi connectivity index (χ0n) is 12.7. The predicted molar refractivity (Wildman–Crippen MR) is 89.8 cm³/mol.